The third-order valence-corrected chi connectivity index (χ3v) is 7.35. The number of carbonyl (C=O) groups excluding carboxylic acids is 2. The van der Waals surface area contributed by atoms with E-state index in [0.717, 1.165) is 18.2 Å². The number of amides is 1. The molecule has 14 nitrogen and oxygen atoms in total. The van der Waals surface area contributed by atoms with Gasteiger partial charge in [0, 0.05) is 23.1 Å². The Morgan fingerprint density at radius 2 is 1.74 bits per heavy atom. The second-order valence-corrected chi connectivity index (χ2v) is 11.5. The zero-order valence-electron chi connectivity index (χ0n) is 21.6. The van der Waals surface area contributed by atoms with Crippen molar-refractivity contribution >= 4 is 53.5 Å². The summed E-state index contributed by atoms with van der Waals surface area (Å²) in [5.41, 5.74) is 6.41. The fourth-order valence-corrected chi connectivity index (χ4v) is 5.00. The van der Waals surface area contributed by atoms with E-state index < -0.39 is 57.8 Å². The Bertz CT molecular complexity index is 1890. The molecule has 4 rings (SSSR count). The number of nitrogens with two attached hydrogens (primary N) is 2. The molecule has 0 spiro atoms. The molecule has 10 N–H and O–H groups in total. The van der Waals surface area contributed by atoms with Crippen molar-refractivity contribution in [2.45, 2.75) is 23.8 Å². The van der Waals surface area contributed by atoms with Gasteiger partial charge in [-0.25, -0.2) is 23.3 Å². The topological polar surface area (TPSA) is 263 Å². The average Bonchev–Trinajstić information content (AvgIpc) is 3.32. The van der Waals surface area contributed by atoms with Gasteiger partial charge in [-0.3, -0.25) is 15.0 Å². The van der Waals surface area contributed by atoms with E-state index in [0.29, 0.717) is 16.6 Å². The Hall–Kier alpha value is -4.85. The van der Waals surface area contributed by atoms with Crippen molar-refractivity contribution in [3.05, 3.63) is 59.7 Å². The number of phenolic OH excluding ortho intramolecular Hbond substituents is 2. The predicted octanol–water partition coefficient (Wildman–Crippen LogP) is 1.14. The smallest absolute Gasteiger partial charge is 0.326 e. The number of carboxylic acid groups (broad SMARTS) is 1. The van der Waals surface area contributed by atoms with Crippen molar-refractivity contribution in [2.24, 2.45) is 10.9 Å². The van der Waals surface area contributed by atoms with Crippen LogP contribution in [0.4, 0.5) is 0 Å². The maximum absolute atomic E-state index is 12.8. The number of aromatic nitrogens is 2. The molecule has 2 atom stereocenters. The van der Waals surface area contributed by atoms with Gasteiger partial charge in [-0.15, -0.1) is 0 Å². The minimum absolute atomic E-state index is 0.0474. The Balaban J connectivity index is 1.87. The second-order valence-electron chi connectivity index (χ2n) is 9.30. The maximum Gasteiger partial charge on any atom is 0.326 e. The number of nitrogens with zero attached hydrogens (tertiary/aromatic N) is 1. The minimum atomic E-state index is -4.20. The van der Waals surface area contributed by atoms with Crippen LogP contribution < -0.4 is 16.2 Å². The highest BCUT2D eigenvalue weighted by atomic mass is 32.2. The van der Waals surface area contributed by atoms with Crippen molar-refractivity contribution in [3.63, 3.8) is 0 Å². The van der Waals surface area contributed by atoms with Crippen LogP contribution >= 0.6 is 9.24 Å². The standard InChI is InChI=1S/C26H25N6O8PS/c27-24(28)12-1-3-17-18(8-12)32-25(31-17)16-6-11(7-21(34)30-19(26(37)38)10-22(35)41)5-15(23(16)36)14-9-13(42(29,39)40)2-4-20(14)33/h1-6,8-9,19,33,36H,7,10,41H2,(H3,27,28)(H,30,34)(H,31,32)(H,37,38)(H2,29,39,40)/t19-/m0/s1. The molecule has 4 aromatic rings. The van der Waals surface area contributed by atoms with Gasteiger partial charge in [-0.2, -0.15) is 0 Å². The fraction of sp³-hybridized carbons (Fsp3) is 0.115. The van der Waals surface area contributed by atoms with Gasteiger partial charge in [0.25, 0.3) is 0 Å². The Morgan fingerprint density at radius 3 is 2.36 bits per heavy atom. The quantitative estimate of drug-likeness (QED) is 0.0719. The molecule has 1 heterocycles. The van der Waals surface area contributed by atoms with Crippen LogP contribution in [0, 0.1) is 5.41 Å². The molecule has 1 unspecified atom stereocenters. The number of carboxylic acids is 1. The maximum atomic E-state index is 12.8. The molecular weight excluding hydrogens is 587 g/mol. The molecule has 0 fully saturated rings. The van der Waals surface area contributed by atoms with Crippen molar-refractivity contribution in [1.82, 2.24) is 15.3 Å². The minimum Gasteiger partial charge on any atom is -0.507 e. The molecule has 42 heavy (non-hydrogen) atoms. The molecule has 16 heteroatoms. The number of sulfonamides is 1. The molecule has 218 valence electrons. The number of benzene rings is 3. The summed E-state index contributed by atoms with van der Waals surface area (Å²) >= 11 is 0. The number of fused-ring (bicyclic) bond motifs is 1. The van der Waals surface area contributed by atoms with Gasteiger partial charge in [-0.05, 0) is 54.1 Å². The van der Waals surface area contributed by atoms with Crippen LogP contribution in [-0.4, -0.2) is 63.0 Å². The van der Waals surface area contributed by atoms with Crippen LogP contribution in [0.1, 0.15) is 17.5 Å². The van der Waals surface area contributed by atoms with E-state index >= 15 is 0 Å². The summed E-state index contributed by atoms with van der Waals surface area (Å²) in [6.45, 7) is 0. The SMILES string of the molecule is N=C(N)c1ccc2nc(-c3cc(CC(=O)N[C@@H](CC(=O)P)C(=O)O)cc(-c4cc(S(N)(=O)=O)ccc4O)c3O)[nH]c2c1. The van der Waals surface area contributed by atoms with E-state index in [9.17, 15) is 38.1 Å². The van der Waals surface area contributed by atoms with Crippen LogP contribution in [0.15, 0.2) is 53.4 Å². The van der Waals surface area contributed by atoms with Crippen molar-refractivity contribution < 1.29 is 38.1 Å². The van der Waals surface area contributed by atoms with E-state index in [1.54, 1.807) is 18.2 Å². The zero-order valence-corrected chi connectivity index (χ0v) is 23.6. The Morgan fingerprint density at radius 1 is 1.05 bits per heavy atom. The average molecular weight is 613 g/mol. The number of amidine groups is 1. The molecule has 0 aliphatic carbocycles. The lowest BCUT2D eigenvalue weighted by Crippen LogP contribution is -2.42. The largest absolute Gasteiger partial charge is 0.507 e. The number of carbonyl (C=O) groups is 3. The fourth-order valence-electron chi connectivity index (χ4n) is 4.23. The molecular formula is C26H25N6O8PS. The zero-order chi connectivity index (χ0) is 30.9. The predicted molar refractivity (Wildman–Crippen MR) is 155 cm³/mol. The summed E-state index contributed by atoms with van der Waals surface area (Å²) in [5, 5.41) is 46.5. The van der Waals surface area contributed by atoms with Crippen molar-refractivity contribution in [1.29, 1.82) is 5.41 Å². The first-order valence-corrected chi connectivity index (χ1v) is 14.1. The van der Waals surface area contributed by atoms with E-state index in [2.05, 4.69) is 15.3 Å². The van der Waals surface area contributed by atoms with Crippen molar-refractivity contribution in [3.8, 4) is 34.0 Å². The summed E-state index contributed by atoms with van der Waals surface area (Å²) in [7, 11) is -2.37. The number of aromatic hydroxyl groups is 2. The van der Waals surface area contributed by atoms with Gasteiger partial charge in [0.2, 0.25) is 15.9 Å². The van der Waals surface area contributed by atoms with E-state index in [1.807, 2.05) is 9.24 Å². The molecule has 0 saturated carbocycles. The molecule has 1 aromatic heterocycles. The molecule has 1 amide bonds. The molecule has 0 aliphatic heterocycles. The number of H-pyrrole nitrogens is 1. The van der Waals surface area contributed by atoms with Gasteiger partial charge in [-0.1, -0.05) is 9.24 Å². The first-order chi connectivity index (χ1) is 19.6. The normalized spacial score (nSPS) is 12.1. The lowest BCUT2D eigenvalue weighted by atomic mass is 9.95. The molecule has 0 bridgehead atoms. The van der Waals surface area contributed by atoms with Crippen LogP contribution in [0.5, 0.6) is 11.5 Å². The third kappa shape index (κ3) is 6.54. The van der Waals surface area contributed by atoms with Gasteiger partial charge in [0.05, 0.1) is 27.9 Å². The van der Waals surface area contributed by atoms with E-state index in [4.69, 9.17) is 16.3 Å². The number of nitrogen functional groups attached to an aromatic ring is 1. The molecule has 3 aromatic carbocycles. The van der Waals surface area contributed by atoms with E-state index in [1.165, 1.54) is 12.1 Å². The first kappa shape index (κ1) is 30.1. The highest BCUT2D eigenvalue weighted by molar-refractivity contribution is 7.89. The number of aliphatic carboxylic acids is 1. The lowest BCUT2D eigenvalue weighted by molar-refractivity contribution is -0.142. The van der Waals surface area contributed by atoms with Crippen LogP contribution in [0.2, 0.25) is 0 Å². The van der Waals surface area contributed by atoms with Crippen LogP contribution in [0.3, 0.4) is 0 Å². The van der Waals surface area contributed by atoms with Crippen LogP contribution in [-0.2, 0) is 30.8 Å². The summed E-state index contributed by atoms with van der Waals surface area (Å²) < 4.78 is 24.0. The first-order valence-electron chi connectivity index (χ1n) is 12.0. The third-order valence-electron chi connectivity index (χ3n) is 6.21. The Labute approximate surface area is 240 Å². The van der Waals surface area contributed by atoms with Gasteiger partial charge in [0.15, 0.2) is 5.52 Å². The number of aromatic amines is 1. The molecule has 0 aliphatic rings. The number of nitrogens with one attached hydrogen (secondary N) is 3. The van der Waals surface area contributed by atoms with Crippen LogP contribution in [0.25, 0.3) is 33.5 Å². The van der Waals surface area contributed by atoms with Gasteiger partial charge >= 0.3 is 5.97 Å². The highest BCUT2D eigenvalue weighted by Gasteiger charge is 2.24. The Kier molecular flexibility index (Phi) is 8.29. The highest BCUT2D eigenvalue weighted by Crippen LogP contribution is 2.42. The summed E-state index contributed by atoms with van der Waals surface area (Å²) in [5.74, 6) is -3.10. The molecule has 0 radical (unpaired) electrons. The number of hydrogen-bond donors (Lipinski definition) is 8. The van der Waals surface area contributed by atoms with Gasteiger partial charge in [0.1, 0.15) is 29.2 Å². The number of hydrogen-bond acceptors (Lipinski definition) is 9. The molecule has 0 saturated heterocycles. The number of rotatable bonds is 10. The summed E-state index contributed by atoms with van der Waals surface area (Å²) in [6, 6.07) is 9.19. The second kappa shape index (κ2) is 11.6. The van der Waals surface area contributed by atoms with E-state index in [-0.39, 0.29) is 38.8 Å². The number of phenols is 2. The number of primary sulfonamides is 1. The van der Waals surface area contributed by atoms with Gasteiger partial charge < -0.3 is 31.4 Å². The summed E-state index contributed by atoms with van der Waals surface area (Å²) in [4.78, 5) is 42.9. The monoisotopic (exact) mass is 612 g/mol. The van der Waals surface area contributed by atoms with Crippen molar-refractivity contribution in [2.75, 3.05) is 0 Å². The summed E-state index contributed by atoms with van der Waals surface area (Å²) in [6.07, 6.45) is -0.896. The lowest BCUT2D eigenvalue weighted by Gasteiger charge is -2.16. The number of imidazole rings is 1.